The number of carbonyl (C=O) groups excluding carboxylic acids is 2. The zero-order valence-corrected chi connectivity index (χ0v) is 17.6. The van der Waals surface area contributed by atoms with Gasteiger partial charge < -0.3 is 14.8 Å². The van der Waals surface area contributed by atoms with Crippen LogP contribution in [0.15, 0.2) is 47.4 Å². The summed E-state index contributed by atoms with van der Waals surface area (Å²) in [5, 5.41) is 2.46. The van der Waals surface area contributed by atoms with Gasteiger partial charge in [0.1, 0.15) is 12.3 Å². The summed E-state index contributed by atoms with van der Waals surface area (Å²) in [5.41, 5.74) is 0.876. The maximum atomic E-state index is 12.9. The molecule has 0 atom stereocenters. The molecule has 0 unspecified atom stereocenters. The number of sulfonamides is 1. The third-order valence-electron chi connectivity index (χ3n) is 4.66. The van der Waals surface area contributed by atoms with Crippen LogP contribution in [0.4, 0.5) is 5.69 Å². The monoisotopic (exact) mass is 432 g/mol. The second-order valence-corrected chi connectivity index (χ2v) is 8.75. The lowest BCUT2D eigenvalue weighted by Crippen LogP contribution is -2.31. The summed E-state index contributed by atoms with van der Waals surface area (Å²) in [6, 6.07) is 10.9. The van der Waals surface area contributed by atoms with Gasteiger partial charge in [-0.25, -0.2) is 8.42 Å². The van der Waals surface area contributed by atoms with Gasteiger partial charge in [-0.3, -0.25) is 14.3 Å². The number of esters is 1. The first-order chi connectivity index (χ1) is 14.3. The second kappa shape index (κ2) is 9.17. The Kier molecular flexibility index (Phi) is 6.61. The summed E-state index contributed by atoms with van der Waals surface area (Å²) >= 11 is 0. The second-order valence-electron chi connectivity index (χ2n) is 7.10. The van der Waals surface area contributed by atoms with Crippen LogP contribution in [0.25, 0.3) is 0 Å². The van der Waals surface area contributed by atoms with Crippen LogP contribution in [0, 0.1) is 12.8 Å². The average Bonchev–Trinajstić information content (AvgIpc) is 3.55. The van der Waals surface area contributed by atoms with Crippen LogP contribution in [0.2, 0.25) is 0 Å². The number of anilines is 1. The zero-order valence-electron chi connectivity index (χ0n) is 16.8. The summed E-state index contributed by atoms with van der Waals surface area (Å²) in [6.45, 7) is 1.73. The van der Waals surface area contributed by atoms with E-state index in [1.54, 1.807) is 31.2 Å². The first kappa shape index (κ1) is 21.6. The first-order valence-electron chi connectivity index (χ1n) is 9.50. The molecule has 2 aromatic rings. The fourth-order valence-electron chi connectivity index (χ4n) is 2.76. The van der Waals surface area contributed by atoms with E-state index in [0.717, 1.165) is 12.8 Å². The Morgan fingerprint density at radius 3 is 2.57 bits per heavy atom. The Morgan fingerprint density at radius 1 is 1.13 bits per heavy atom. The molecule has 1 aliphatic rings. The molecule has 8 nitrogen and oxygen atoms in total. The lowest BCUT2D eigenvalue weighted by molar-refractivity contribution is -0.142. The Morgan fingerprint density at radius 2 is 1.87 bits per heavy atom. The van der Waals surface area contributed by atoms with Crippen molar-refractivity contribution in [3.05, 3.63) is 53.6 Å². The van der Waals surface area contributed by atoms with E-state index in [2.05, 4.69) is 10.0 Å². The van der Waals surface area contributed by atoms with Crippen LogP contribution in [0.1, 0.15) is 28.8 Å². The normalized spacial score (nSPS) is 13.4. The van der Waals surface area contributed by atoms with Gasteiger partial charge in [-0.2, -0.15) is 0 Å². The quantitative estimate of drug-likeness (QED) is 0.589. The van der Waals surface area contributed by atoms with Crippen LogP contribution in [-0.4, -0.2) is 40.6 Å². The Balaban J connectivity index is 1.71. The van der Waals surface area contributed by atoms with Gasteiger partial charge in [0.2, 0.25) is 0 Å². The molecule has 2 N–H and O–H groups in total. The molecular weight excluding hydrogens is 408 g/mol. The maximum absolute atomic E-state index is 12.9. The van der Waals surface area contributed by atoms with Gasteiger partial charge in [-0.15, -0.1) is 0 Å². The molecule has 1 fully saturated rings. The lowest BCUT2D eigenvalue weighted by atomic mass is 10.1. The topological polar surface area (TPSA) is 111 Å². The van der Waals surface area contributed by atoms with Crippen molar-refractivity contribution in [2.24, 2.45) is 5.92 Å². The number of ether oxygens (including phenoxy) is 2. The number of benzene rings is 2. The van der Waals surface area contributed by atoms with Gasteiger partial charge in [-0.1, -0.05) is 18.2 Å². The Labute approximate surface area is 175 Å². The third-order valence-corrected chi connectivity index (χ3v) is 6.17. The summed E-state index contributed by atoms with van der Waals surface area (Å²) in [6.07, 6.45) is 2.12. The van der Waals surface area contributed by atoms with Crippen molar-refractivity contribution in [2.45, 2.75) is 24.7 Å². The van der Waals surface area contributed by atoms with E-state index in [1.165, 1.54) is 25.3 Å². The van der Waals surface area contributed by atoms with Crippen LogP contribution in [-0.2, 0) is 19.6 Å². The van der Waals surface area contributed by atoms with E-state index >= 15 is 0 Å². The van der Waals surface area contributed by atoms with E-state index in [9.17, 15) is 18.0 Å². The van der Waals surface area contributed by atoms with Crippen molar-refractivity contribution in [1.82, 2.24) is 5.32 Å². The molecule has 0 radical (unpaired) electrons. The van der Waals surface area contributed by atoms with Gasteiger partial charge in [0.05, 0.1) is 24.3 Å². The molecule has 0 bridgehead atoms. The highest BCUT2D eigenvalue weighted by Gasteiger charge is 2.24. The predicted molar refractivity (Wildman–Crippen MR) is 111 cm³/mol. The molecule has 1 aliphatic carbocycles. The highest BCUT2D eigenvalue weighted by atomic mass is 32.2. The fraction of sp³-hybridized carbons (Fsp3) is 0.333. The molecule has 0 aliphatic heterocycles. The SMILES string of the molecule is COc1ccccc1NS(=O)(=O)c1cc(C(=O)NCC(=O)OCC2CC2)ccc1C. The average molecular weight is 432 g/mol. The summed E-state index contributed by atoms with van der Waals surface area (Å²) in [4.78, 5) is 24.1. The fourth-order valence-corrected chi connectivity index (χ4v) is 4.10. The highest BCUT2D eigenvalue weighted by molar-refractivity contribution is 7.92. The summed E-state index contributed by atoms with van der Waals surface area (Å²) < 4.78 is 38.6. The molecule has 1 saturated carbocycles. The van der Waals surface area contributed by atoms with Gasteiger partial charge in [0.25, 0.3) is 15.9 Å². The lowest BCUT2D eigenvalue weighted by Gasteiger charge is -2.14. The minimum Gasteiger partial charge on any atom is -0.495 e. The number of para-hydroxylation sites is 2. The van der Waals surface area contributed by atoms with Crippen molar-refractivity contribution in [2.75, 3.05) is 25.0 Å². The van der Waals surface area contributed by atoms with Crippen molar-refractivity contribution in [3.8, 4) is 5.75 Å². The van der Waals surface area contributed by atoms with Crippen molar-refractivity contribution >= 4 is 27.6 Å². The van der Waals surface area contributed by atoms with E-state index in [4.69, 9.17) is 9.47 Å². The van der Waals surface area contributed by atoms with E-state index < -0.39 is 21.9 Å². The van der Waals surface area contributed by atoms with Gasteiger partial charge in [0.15, 0.2) is 0 Å². The van der Waals surface area contributed by atoms with Crippen LogP contribution in [0.5, 0.6) is 5.75 Å². The van der Waals surface area contributed by atoms with E-state index in [-0.39, 0.29) is 22.7 Å². The van der Waals surface area contributed by atoms with Gasteiger partial charge >= 0.3 is 5.97 Å². The first-order valence-corrected chi connectivity index (χ1v) is 11.0. The Hall–Kier alpha value is -3.07. The number of methoxy groups -OCH3 is 1. The molecule has 1 amide bonds. The van der Waals surface area contributed by atoms with Crippen molar-refractivity contribution in [3.63, 3.8) is 0 Å². The number of hydrogen-bond acceptors (Lipinski definition) is 6. The number of hydrogen-bond donors (Lipinski definition) is 2. The van der Waals surface area contributed by atoms with Crippen molar-refractivity contribution < 1.29 is 27.5 Å². The highest BCUT2D eigenvalue weighted by Crippen LogP contribution is 2.29. The molecule has 30 heavy (non-hydrogen) atoms. The molecular formula is C21H24N2O6S. The predicted octanol–water partition coefficient (Wildman–Crippen LogP) is 2.49. The molecule has 9 heteroatoms. The minimum atomic E-state index is -3.98. The van der Waals surface area contributed by atoms with Crippen LogP contribution >= 0.6 is 0 Å². The van der Waals surface area contributed by atoms with Crippen LogP contribution < -0.4 is 14.8 Å². The number of carbonyl (C=O) groups is 2. The van der Waals surface area contributed by atoms with Gasteiger partial charge in [-0.05, 0) is 55.5 Å². The van der Waals surface area contributed by atoms with Crippen LogP contribution in [0.3, 0.4) is 0 Å². The molecule has 0 spiro atoms. The maximum Gasteiger partial charge on any atom is 0.325 e. The summed E-state index contributed by atoms with van der Waals surface area (Å²) in [7, 11) is -2.53. The molecule has 2 aromatic carbocycles. The Bertz CT molecular complexity index is 1050. The molecule has 0 saturated heterocycles. The number of aryl methyl sites for hydroxylation is 1. The molecule has 160 valence electrons. The van der Waals surface area contributed by atoms with E-state index in [0.29, 0.717) is 23.8 Å². The number of nitrogens with one attached hydrogen (secondary N) is 2. The minimum absolute atomic E-state index is 0.0441. The number of rotatable bonds is 9. The molecule has 0 heterocycles. The van der Waals surface area contributed by atoms with Gasteiger partial charge in [0, 0.05) is 5.56 Å². The smallest absolute Gasteiger partial charge is 0.325 e. The number of amides is 1. The third kappa shape index (κ3) is 5.50. The zero-order chi connectivity index (χ0) is 21.7. The summed E-state index contributed by atoms with van der Waals surface area (Å²) in [5.74, 6) is -0.275. The van der Waals surface area contributed by atoms with E-state index in [1.807, 2.05) is 0 Å². The molecule has 0 aromatic heterocycles. The standard InChI is InChI=1S/C21H24N2O6S/c1-14-7-10-16(21(25)22-12-20(24)29-13-15-8-9-15)11-19(14)30(26,27)23-17-5-3-4-6-18(17)28-2/h3-7,10-11,15,23H,8-9,12-13H2,1-2H3,(H,22,25). The largest absolute Gasteiger partial charge is 0.495 e. The molecule has 3 rings (SSSR count). The van der Waals surface area contributed by atoms with Crippen molar-refractivity contribution in [1.29, 1.82) is 0 Å².